The Hall–Kier alpha value is -2.72. The van der Waals surface area contributed by atoms with Gasteiger partial charge < -0.3 is 0 Å². The fourth-order valence-corrected chi connectivity index (χ4v) is 2.20. The molecule has 0 aliphatic carbocycles. The number of hydrogen-bond acceptors (Lipinski definition) is 6. The van der Waals surface area contributed by atoms with Crippen molar-refractivity contribution < 1.29 is 12.7 Å². The monoisotopic (exact) mass is 301 g/mol. The smallest absolute Gasteiger partial charge is 0.264 e. The molecule has 7 heteroatoms. The van der Waals surface area contributed by atoms with Gasteiger partial charge in [-0.1, -0.05) is 22.9 Å². The van der Waals surface area contributed by atoms with Crippen LogP contribution in [0.4, 0.5) is 0 Å². The van der Waals surface area contributed by atoms with Crippen molar-refractivity contribution >= 4 is 15.8 Å². The molecule has 21 heavy (non-hydrogen) atoms. The predicted octanol–water partition coefficient (Wildman–Crippen LogP) is 2.02. The largest absolute Gasteiger partial charge is 0.358 e. The van der Waals surface area contributed by atoms with E-state index < -0.39 is 10.1 Å². The van der Waals surface area contributed by atoms with Crippen molar-refractivity contribution in [2.24, 2.45) is 5.16 Å². The number of pyridine rings is 1. The molecule has 0 saturated carbocycles. The van der Waals surface area contributed by atoms with Crippen LogP contribution in [0.5, 0.6) is 0 Å². The summed E-state index contributed by atoms with van der Waals surface area (Å²) in [5, 5.41) is 12.4. The van der Waals surface area contributed by atoms with Crippen LogP contribution in [-0.2, 0) is 14.4 Å². The predicted molar refractivity (Wildman–Crippen MR) is 75.8 cm³/mol. The van der Waals surface area contributed by atoms with Crippen LogP contribution >= 0.6 is 0 Å². The molecular weight excluding hydrogens is 290 g/mol. The second kappa shape index (κ2) is 6.15. The van der Waals surface area contributed by atoms with E-state index in [1.807, 2.05) is 6.92 Å². The minimum absolute atomic E-state index is 0.0275. The molecule has 1 aromatic heterocycles. The highest BCUT2D eigenvalue weighted by molar-refractivity contribution is 7.86. The number of nitrogens with zero attached hydrogens (tertiary/aromatic N) is 3. The zero-order valence-electron chi connectivity index (χ0n) is 11.1. The quantitative estimate of drug-likeness (QED) is 0.636. The van der Waals surface area contributed by atoms with Gasteiger partial charge in [0.25, 0.3) is 0 Å². The first-order valence-electron chi connectivity index (χ1n) is 5.92. The molecule has 2 aromatic rings. The fourth-order valence-electron chi connectivity index (χ4n) is 1.47. The van der Waals surface area contributed by atoms with E-state index in [1.165, 1.54) is 24.5 Å². The highest BCUT2D eigenvalue weighted by Gasteiger charge is 2.16. The van der Waals surface area contributed by atoms with Gasteiger partial charge in [0.05, 0.1) is 0 Å². The Morgan fingerprint density at radius 1 is 1.29 bits per heavy atom. The third-order valence-corrected chi connectivity index (χ3v) is 3.70. The summed E-state index contributed by atoms with van der Waals surface area (Å²) >= 11 is 0. The number of nitriles is 1. The molecular formula is C14H11N3O3S. The maximum absolute atomic E-state index is 11.9. The van der Waals surface area contributed by atoms with E-state index in [2.05, 4.69) is 14.4 Å². The van der Waals surface area contributed by atoms with E-state index in [0.29, 0.717) is 5.56 Å². The van der Waals surface area contributed by atoms with E-state index in [0.717, 1.165) is 5.56 Å². The van der Waals surface area contributed by atoms with Crippen molar-refractivity contribution in [3.05, 3.63) is 59.9 Å². The number of hydrogen-bond donors (Lipinski definition) is 0. The Kier molecular flexibility index (Phi) is 4.30. The van der Waals surface area contributed by atoms with Gasteiger partial charge in [0.1, 0.15) is 11.0 Å². The van der Waals surface area contributed by atoms with Crippen LogP contribution in [0.3, 0.4) is 0 Å². The van der Waals surface area contributed by atoms with Crippen molar-refractivity contribution in [1.29, 1.82) is 5.26 Å². The molecule has 0 spiro atoms. The van der Waals surface area contributed by atoms with Gasteiger partial charge in [0.2, 0.25) is 0 Å². The summed E-state index contributed by atoms with van der Waals surface area (Å²) < 4.78 is 28.5. The fraction of sp³-hybridized carbons (Fsp3) is 0.0714. The Morgan fingerprint density at radius 2 is 2.00 bits per heavy atom. The first kappa shape index (κ1) is 14.7. The lowest BCUT2D eigenvalue weighted by Crippen LogP contribution is -2.06. The molecule has 106 valence electrons. The highest BCUT2D eigenvalue weighted by Crippen LogP contribution is 2.14. The summed E-state index contributed by atoms with van der Waals surface area (Å²) in [6.07, 6.45) is 2.92. The van der Waals surface area contributed by atoms with Crippen LogP contribution in [-0.4, -0.2) is 19.1 Å². The Balaban J connectivity index is 2.26. The minimum Gasteiger partial charge on any atom is -0.264 e. The lowest BCUT2D eigenvalue weighted by Gasteiger charge is -2.02. The van der Waals surface area contributed by atoms with E-state index in [4.69, 9.17) is 5.26 Å². The summed E-state index contributed by atoms with van der Waals surface area (Å²) in [6, 6.07) is 11.1. The summed E-state index contributed by atoms with van der Waals surface area (Å²) in [5.74, 6) is 0. The molecule has 0 bridgehead atoms. The standard InChI is InChI=1S/C14H11N3O3S/c1-11-4-6-13(7-5-11)21(18,19)20-17-14(9-15)12-3-2-8-16-10-12/h2-8,10H,1H3/b17-14-. The van der Waals surface area contributed by atoms with Gasteiger partial charge in [0.15, 0.2) is 5.71 Å². The molecule has 6 nitrogen and oxygen atoms in total. The van der Waals surface area contributed by atoms with Crippen molar-refractivity contribution in [1.82, 2.24) is 4.98 Å². The van der Waals surface area contributed by atoms with Crippen LogP contribution in [0.25, 0.3) is 0 Å². The van der Waals surface area contributed by atoms with Crippen molar-refractivity contribution in [2.45, 2.75) is 11.8 Å². The molecule has 0 amide bonds. The lowest BCUT2D eigenvalue weighted by molar-refractivity contribution is 0.339. The van der Waals surface area contributed by atoms with Crippen LogP contribution < -0.4 is 0 Å². The molecule has 0 fully saturated rings. The van der Waals surface area contributed by atoms with E-state index in [9.17, 15) is 8.42 Å². The average Bonchev–Trinajstić information content (AvgIpc) is 2.49. The van der Waals surface area contributed by atoms with Crippen LogP contribution in [0.1, 0.15) is 11.1 Å². The number of oxime groups is 1. The minimum atomic E-state index is -4.05. The maximum Gasteiger partial charge on any atom is 0.358 e. The normalized spacial score (nSPS) is 11.7. The first-order valence-corrected chi connectivity index (χ1v) is 7.32. The van der Waals surface area contributed by atoms with Crippen LogP contribution in [0.2, 0.25) is 0 Å². The van der Waals surface area contributed by atoms with Crippen LogP contribution in [0, 0.1) is 18.3 Å². The Morgan fingerprint density at radius 3 is 2.57 bits per heavy atom. The van der Waals surface area contributed by atoms with E-state index in [-0.39, 0.29) is 10.6 Å². The Labute approximate surface area is 122 Å². The summed E-state index contributed by atoms with van der Waals surface area (Å²) in [4.78, 5) is 3.80. The topological polar surface area (TPSA) is 92.4 Å². The van der Waals surface area contributed by atoms with E-state index >= 15 is 0 Å². The molecule has 0 atom stereocenters. The zero-order valence-corrected chi connectivity index (χ0v) is 11.9. The molecule has 0 radical (unpaired) electrons. The molecule has 1 heterocycles. The first-order chi connectivity index (χ1) is 10.0. The maximum atomic E-state index is 11.9. The number of benzene rings is 1. The third-order valence-electron chi connectivity index (χ3n) is 2.58. The van der Waals surface area contributed by atoms with Crippen molar-refractivity contribution in [3.8, 4) is 6.07 Å². The SMILES string of the molecule is Cc1ccc(S(=O)(=O)O/N=C(/C#N)c2cccnc2)cc1. The van der Waals surface area contributed by atoms with Gasteiger partial charge in [-0.25, -0.2) is 0 Å². The van der Waals surface area contributed by atoms with Gasteiger partial charge >= 0.3 is 10.1 Å². The molecule has 0 aliphatic rings. The van der Waals surface area contributed by atoms with Gasteiger partial charge in [-0.3, -0.25) is 9.27 Å². The van der Waals surface area contributed by atoms with Gasteiger partial charge in [-0.05, 0) is 31.2 Å². The van der Waals surface area contributed by atoms with Gasteiger partial charge in [-0.2, -0.15) is 13.7 Å². The summed E-state index contributed by atoms with van der Waals surface area (Å²) in [7, 11) is -4.05. The Bertz CT molecular complexity index is 792. The van der Waals surface area contributed by atoms with Gasteiger partial charge in [0, 0.05) is 18.0 Å². The van der Waals surface area contributed by atoms with Crippen molar-refractivity contribution in [3.63, 3.8) is 0 Å². The van der Waals surface area contributed by atoms with Gasteiger partial charge in [-0.15, -0.1) is 0 Å². The van der Waals surface area contributed by atoms with Crippen LogP contribution in [0.15, 0.2) is 58.8 Å². The molecule has 0 saturated heterocycles. The summed E-state index contributed by atoms with van der Waals surface area (Å²) in [6.45, 7) is 1.84. The van der Waals surface area contributed by atoms with E-state index in [1.54, 1.807) is 30.3 Å². The molecule has 0 N–H and O–H groups in total. The molecule has 0 aliphatic heterocycles. The number of rotatable bonds is 4. The number of aromatic nitrogens is 1. The second-order valence-electron chi connectivity index (χ2n) is 4.14. The molecule has 2 rings (SSSR count). The zero-order chi connectivity index (χ0) is 15.3. The second-order valence-corrected chi connectivity index (χ2v) is 5.66. The highest BCUT2D eigenvalue weighted by atomic mass is 32.2. The number of aryl methyl sites for hydroxylation is 1. The molecule has 1 aromatic carbocycles. The average molecular weight is 301 g/mol. The third kappa shape index (κ3) is 3.64. The van der Waals surface area contributed by atoms with Crippen molar-refractivity contribution in [2.75, 3.05) is 0 Å². The molecule has 0 unspecified atom stereocenters. The summed E-state index contributed by atoms with van der Waals surface area (Å²) in [5.41, 5.74) is 1.13. The lowest BCUT2D eigenvalue weighted by atomic mass is 10.2.